The maximum atomic E-state index is 12.7. The van der Waals surface area contributed by atoms with E-state index in [1.807, 2.05) is 30.7 Å². The first kappa shape index (κ1) is 21.3. The van der Waals surface area contributed by atoms with Crippen molar-refractivity contribution < 1.29 is 14.3 Å². The molecule has 3 aromatic rings. The smallest absolute Gasteiger partial charge is 0.350 e. The van der Waals surface area contributed by atoms with E-state index in [0.717, 1.165) is 34.8 Å². The number of hydrogen-bond donors (Lipinski definition) is 1. The number of imidazole rings is 1. The lowest BCUT2D eigenvalue weighted by molar-refractivity contribution is -0.113. The van der Waals surface area contributed by atoms with Crippen molar-refractivity contribution in [2.24, 2.45) is 0 Å². The Hall–Kier alpha value is -2.39. The quantitative estimate of drug-likeness (QED) is 0.419. The van der Waals surface area contributed by atoms with Gasteiger partial charge in [0, 0.05) is 30.0 Å². The molecule has 3 rings (SSSR count). The van der Waals surface area contributed by atoms with Gasteiger partial charge < -0.3 is 14.6 Å². The van der Waals surface area contributed by atoms with Gasteiger partial charge in [-0.05, 0) is 38.8 Å². The molecule has 0 aliphatic heterocycles. The Morgan fingerprint density at radius 1 is 1.31 bits per heavy atom. The van der Waals surface area contributed by atoms with E-state index < -0.39 is 5.97 Å². The van der Waals surface area contributed by atoms with Crippen molar-refractivity contribution in [2.45, 2.75) is 45.8 Å². The lowest BCUT2D eigenvalue weighted by Gasteiger charge is -2.09. The largest absolute Gasteiger partial charge is 0.462 e. The van der Waals surface area contributed by atoms with Crippen molar-refractivity contribution >= 4 is 50.9 Å². The SMILES string of the molecule is CCCn1ccnc1SCC(=O)Nc1c(C(=O)OCC)sc2nc(C)cc(C)c12. The fraction of sp³-hybridized carbons (Fsp3) is 0.400. The van der Waals surface area contributed by atoms with Crippen LogP contribution in [0, 0.1) is 13.8 Å². The van der Waals surface area contributed by atoms with Crippen LogP contribution in [-0.2, 0) is 16.1 Å². The standard InChI is InChI=1S/C20H24N4O3S2/c1-5-8-24-9-7-21-20(24)28-11-14(25)23-16-15-12(3)10-13(4)22-18(15)29-17(16)19(26)27-6-2/h7,9-10H,5-6,8,11H2,1-4H3,(H,23,25). The van der Waals surface area contributed by atoms with Crippen LogP contribution in [0.5, 0.6) is 0 Å². The molecule has 0 radical (unpaired) electrons. The predicted molar refractivity (Wildman–Crippen MR) is 117 cm³/mol. The summed E-state index contributed by atoms with van der Waals surface area (Å²) in [7, 11) is 0. The fourth-order valence-corrected chi connectivity index (χ4v) is 4.98. The molecule has 0 saturated heterocycles. The molecule has 3 aromatic heterocycles. The Kier molecular flexibility index (Phi) is 6.92. The van der Waals surface area contributed by atoms with Crippen LogP contribution in [0.4, 0.5) is 5.69 Å². The highest BCUT2D eigenvalue weighted by Gasteiger charge is 2.23. The number of aryl methyl sites for hydroxylation is 3. The number of thiophene rings is 1. The number of hydrogen-bond acceptors (Lipinski definition) is 7. The predicted octanol–water partition coefficient (Wildman–Crippen LogP) is 4.43. The summed E-state index contributed by atoms with van der Waals surface area (Å²) in [6.07, 6.45) is 4.64. The van der Waals surface area contributed by atoms with Crippen molar-refractivity contribution in [2.75, 3.05) is 17.7 Å². The van der Waals surface area contributed by atoms with E-state index in [1.54, 1.807) is 13.1 Å². The number of nitrogens with one attached hydrogen (secondary N) is 1. The Morgan fingerprint density at radius 2 is 2.10 bits per heavy atom. The van der Waals surface area contributed by atoms with Crippen LogP contribution >= 0.6 is 23.1 Å². The third-order valence-electron chi connectivity index (χ3n) is 4.19. The molecule has 154 valence electrons. The summed E-state index contributed by atoms with van der Waals surface area (Å²) >= 11 is 2.62. The van der Waals surface area contributed by atoms with Gasteiger partial charge in [0.05, 0.1) is 18.0 Å². The molecule has 7 nitrogen and oxygen atoms in total. The molecule has 0 fully saturated rings. The highest BCUT2D eigenvalue weighted by atomic mass is 32.2. The number of ether oxygens (including phenoxy) is 1. The molecule has 0 saturated carbocycles. The zero-order valence-electron chi connectivity index (χ0n) is 16.9. The van der Waals surface area contributed by atoms with E-state index in [1.165, 1.54) is 23.1 Å². The molecule has 1 N–H and O–H groups in total. The first-order valence-electron chi connectivity index (χ1n) is 9.46. The van der Waals surface area contributed by atoms with E-state index in [4.69, 9.17) is 4.74 Å². The maximum Gasteiger partial charge on any atom is 0.350 e. The zero-order valence-corrected chi connectivity index (χ0v) is 18.6. The first-order chi connectivity index (χ1) is 13.9. The Bertz CT molecular complexity index is 1040. The minimum absolute atomic E-state index is 0.193. The van der Waals surface area contributed by atoms with Crippen molar-refractivity contribution in [1.29, 1.82) is 0 Å². The maximum absolute atomic E-state index is 12.7. The summed E-state index contributed by atoms with van der Waals surface area (Å²) < 4.78 is 7.21. The van der Waals surface area contributed by atoms with E-state index in [-0.39, 0.29) is 18.3 Å². The summed E-state index contributed by atoms with van der Waals surface area (Å²) in [5.74, 6) is -0.459. The number of pyridine rings is 1. The summed E-state index contributed by atoms with van der Waals surface area (Å²) in [6, 6.07) is 1.94. The molecule has 1 amide bonds. The van der Waals surface area contributed by atoms with Crippen LogP contribution in [0.1, 0.15) is 41.2 Å². The van der Waals surface area contributed by atoms with Gasteiger partial charge in [0.15, 0.2) is 5.16 Å². The number of nitrogens with zero attached hydrogens (tertiary/aromatic N) is 3. The molecule has 29 heavy (non-hydrogen) atoms. The second kappa shape index (κ2) is 9.41. The molecule has 0 aliphatic rings. The van der Waals surface area contributed by atoms with Gasteiger partial charge in [-0.3, -0.25) is 4.79 Å². The number of rotatable bonds is 8. The lowest BCUT2D eigenvalue weighted by Crippen LogP contribution is -2.17. The van der Waals surface area contributed by atoms with Gasteiger partial charge in [0.2, 0.25) is 5.91 Å². The molecule has 0 aliphatic carbocycles. The number of amides is 1. The third-order valence-corrected chi connectivity index (χ3v) is 6.26. The van der Waals surface area contributed by atoms with Gasteiger partial charge in [0.1, 0.15) is 9.71 Å². The highest BCUT2D eigenvalue weighted by Crippen LogP contribution is 2.38. The van der Waals surface area contributed by atoms with Crippen LogP contribution in [0.15, 0.2) is 23.6 Å². The number of thioether (sulfide) groups is 1. The lowest BCUT2D eigenvalue weighted by atomic mass is 10.1. The van der Waals surface area contributed by atoms with E-state index in [0.29, 0.717) is 15.4 Å². The monoisotopic (exact) mass is 432 g/mol. The van der Waals surface area contributed by atoms with Gasteiger partial charge in [-0.15, -0.1) is 11.3 Å². The number of aromatic nitrogens is 3. The molecule has 0 spiro atoms. The Morgan fingerprint density at radius 3 is 2.83 bits per heavy atom. The highest BCUT2D eigenvalue weighted by molar-refractivity contribution is 7.99. The minimum atomic E-state index is -0.450. The zero-order chi connectivity index (χ0) is 21.0. The normalized spacial score (nSPS) is 11.0. The Labute approximate surface area is 177 Å². The summed E-state index contributed by atoms with van der Waals surface area (Å²) in [5, 5.41) is 4.51. The number of carbonyl (C=O) groups excluding carboxylic acids is 2. The molecule has 9 heteroatoms. The number of carbonyl (C=O) groups is 2. The average molecular weight is 433 g/mol. The fourth-order valence-electron chi connectivity index (χ4n) is 3.05. The molecule has 0 unspecified atom stereocenters. The van der Waals surface area contributed by atoms with E-state index in [9.17, 15) is 9.59 Å². The summed E-state index contributed by atoms with van der Waals surface area (Å²) in [6.45, 7) is 8.83. The first-order valence-corrected chi connectivity index (χ1v) is 11.3. The Balaban J connectivity index is 1.85. The average Bonchev–Trinajstić information content (AvgIpc) is 3.25. The number of anilines is 1. The van der Waals surface area contributed by atoms with Gasteiger partial charge in [-0.25, -0.2) is 14.8 Å². The number of esters is 1. The van der Waals surface area contributed by atoms with Crippen molar-refractivity contribution in [3.63, 3.8) is 0 Å². The van der Waals surface area contributed by atoms with Crippen LogP contribution in [-0.4, -0.2) is 38.8 Å². The third kappa shape index (κ3) is 4.79. The van der Waals surface area contributed by atoms with E-state index in [2.05, 4.69) is 22.2 Å². The van der Waals surface area contributed by atoms with Crippen LogP contribution < -0.4 is 5.32 Å². The number of fused-ring (bicyclic) bond motifs is 1. The van der Waals surface area contributed by atoms with Gasteiger partial charge in [-0.1, -0.05) is 18.7 Å². The van der Waals surface area contributed by atoms with Gasteiger partial charge in [0.25, 0.3) is 0 Å². The van der Waals surface area contributed by atoms with Crippen molar-refractivity contribution in [1.82, 2.24) is 14.5 Å². The van der Waals surface area contributed by atoms with E-state index >= 15 is 0 Å². The topological polar surface area (TPSA) is 86.1 Å². The molecule has 0 bridgehead atoms. The molecule has 0 atom stereocenters. The second-order valence-electron chi connectivity index (χ2n) is 6.53. The molecular formula is C20H24N4O3S2. The summed E-state index contributed by atoms with van der Waals surface area (Å²) in [5.41, 5.74) is 2.31. The molecule has 3 heterocycles. The van der Waals surface area contributed by atoms with Gasteiger partial charge in [-0.2, -0.15) is 0 Å². The molecular weight excluding hydrogens is 408 g/mol. The van der Waals surface area contributed by atoms with Crippen LogP contribution in [0.25, 0.3) is 10.2 Å². The van der Waals surface area contributed by atoms with Gasteiger partial charge >= 0.3 is 5.97 Å². The van der Waals surface area contributed by atoms with Crippen LogP contribution in [0.2, 0.25) is 0 Å². The van der Waals surface area contributed by atoms with Crippen molar-refractivity contribution in [3.8, 4) is 0 Å². The van der Waals surface area contributed by atoms with Crippen LogP contribution in [0.3, 0.4) is 0 Å². The second-order valence-corrected chi connectivity index (χ2v) is 8.47. The molecule has 0 aromatic carbocycles. The summed E-state index contributed by atoms with van der Waals surface area (Å²) in [4.78, 5) is 35.1. The van der Waals surface area contributed by atoms with Crippen molar-refractivity contribution in [3.05, 3.63) is 34.6 Å². The minimum Gasteiger partial charge on any atom is -0.462 e.